The zero-order chi connectivity index (χ0) is 57.4. The van der Waals surface area contributed by atoms with E-state index in [0.717, 1.165) is 120 Å². The minimum absolute atomic E-state index is 0.0439. The number of benzene rings is 4. The van der Waals surface area contributed by atoms with E-state index in [1.807, 2.05) is 55.5 Å². The Morgan fingerprint density at radius 1 is 0.654 bits per heavy atom. The van der Waals surface area contributed by atoms with Crippen molar-refractivity contribution in [1.82, 2.24) is 20.2 Å². The van der Waals surface area contributed by atoms with Crippen molar-refractivity contribution < 1.29 is 52.0 Å². The molecule has 0 amide bonds. The maximum absolute atomic E-state index is 11.5. The van der Waals surface area contributed by atoms with Crippen LogP contribution in [0.25, 0.3) is 0 Å². The number of aromatic hydroxyl groups is 2. The second-order valence-corrected chi connectivity index (χ2v) is 23.7. The van der Waals surface area contributed by atoms with Crippen LogP contribution in [0.3, 0.4) is 0 Å². The molecule has 4 aliphatic heterocycles. The van der Waals surface area contributed by atoms with Gasteiger partial charge in [-0.1, -0.05) is 96.0 Å². The molecule has 0 radical (unpaired) electrons. The summed E-state index contributed by atoms with van der Waals surface area (Å²) >= 11 is 12.8. The van der Waals surface area contributed by atoms with Gasteiger partial charge in [-0.05, 0) is 99.9 Å². The number of halogens is 2. The van der Waals surface area contributed by atoms with Gasteiger partial charge in [-0.2, -0.15) is 8.42 Å². The second-order valence-electron chi connectivity index (χ2n) is 21.3. The van der Waals surface area contributed by atoms with Crippen LogP contribution in [-0.4, -0.2) is 128 Å². The predicted octanol–water partition coefficient (Wildman–Crippen LogP) is 9.76. The zero-order valence-electron chi connectivity index (χ0n) is 46.3. The first kappa shape index (κ1) is 61.6. The lowest BCUT2D eigenvalue weighted by atomic mass is 9.95. The van der Waals surface area contributed by atoms with Crippen molar-refractivity contribution in [1.29, 1.82) is 0 Å². The van der Waals surface area contributed by atoms with Gasteiger partial charge < -0.3 is 54.5 Å². The third-order valence-electron chi connectivity index (χ3n) is 14.6. The molecule has 4 fully saturated rings. The molecule has 0 aliphatic carbocycles. The number of pyridine rings is 2. The van der Waals surface area contributed by atoms with Crippen molar-refractivity contribution in [3.63, 3.8) is 0 Å². The molecule has 0 saturated carbocycles. The highest BCUT2D eigenvalue weighted by molar-refractivity contribution is 7.86. The number of hydrogen-bond donors (Lipinski definition) is 5. The molecule has 6 atom stereocenters. The number of nitrogens with zero attached hydrogens (tertiary/aromatic N) is 5. The Morgan fingerprint density at radius 3 is 1.63 bits per heavy atom. The van der Waals surface area contributed by atoms with Crippen LogP contribution in [0.15, 0.2) is 134 Å². The lowest BCUT2D eigenvalue weighted by Crippen LogP contribution is -2.52. The molecule has 0 spiro atoms. The highest BCUT2D eigenvalue weighted by Gasteiger charge is 2.35. The standard InChI is InChI=1S/C30H36ClN3O4.C16H17ClN2O.C15H23NO6S/c1-30(36,23-10-11-24(32-18-23)20-38-29-9-5-6-16-37-29)21-33-14-15-34(27-13-12-25(35)17-26(27)31)28(19-33)22-7-3-2-4-8-22;17-14-10-13(20)6-7-15(14)19-9-8-18-11-16(19)12-4-2-1-3-5-12;1-15(17,11-22-23(2,18)19)12-6-7-13(16-9-12)10-21-14-5-3-4-8-20-14/h2-4,7-8,10-13,17-18,28-29,35-36H,5-6,9,14-16,19-21H2,1H3;1-7,10,16,18,20H,8-9,11H2;6-7,9,14,17H,3-5,8,10-11H2,1-2H3/t28-,29?,30+;16-;14?,15-/m001/s1. The first-order chi connectivity index (χ1) is 38.9. The number of piperazine rings is 2. The molecular weight excluding hydrogens is 1100 g/mol. The molecule has 10 rings (SSSR count). The maximum Gasteiger partial charge on any atom is 0.264 e. The summed E-state index contributed by atoms with van der Waals surface area (Å²) < 4.78 is 49.3. The van der Waals surface area contributed by atoms with Gasteiger partial charge in [-0.3, -0.25) is 19.1 Å². The number of ether oxygens (including phenoxy) is 4. The summed E-state index contributed by atoms with van der Waals surface area (Å²) in [6, 6.07) is 38.6. The lowest BCUT2D eigenvalue weighted by Gasteiger charge is -2.45. The second kappa shape index (κ2) is 29.2. The quantitative estimate of drug-likeness (QED) is 0.0539. The topological polar surface area (TPSA) is 209 Å². The van der Waals surface area contributed by atoms with E-state index in [1.54, 1.807) is 42.6 Å². The molecule has 6 aromatic rings. The summed E-state index contributed by atoms with van der Waals surface area (Å²) in [5.41, 5.74) is 4.57. The van der Waals surface area contributed by atoms with E-state index in [2.05, 4.69) is 70.6 Å². The Hall–Kier alpha value is -5.45. The Bertz CT molecular complexity index is 2990. The highest BCUT2D eigenvalue weighted by atomic mass is 35.5. The van der Waals surface area contributed by atoms with Crippen LogP contribution in [0.1, 0.15) is 98.1 Å². The number of nitrogens with one attached hydrogen (secondary N) is 1. The summed E-state index contributed by atoms with van der Waals surface area (Å²) in [6.45, 7) is 10.6. The molecule has 20 heteroatoms. The molecule has 4 aliphatic rings. The van der Waals surface area contributed by atoms with Crippen molar-refractivity contribution in [3.05, 3.63) is 177 Å². The Labute approximate surface area is 486 Å². The van der Waals surface area contributed by atoms with Gasteiger partial charge in [-0.15, -0.1) is 0 Å². The minimum Gasteiger partial charge on any atom is -0.508 e. The number of anilines is 2. The van der Waals surface area contributed by atoms with Crippen molar-refractivity contribution in [2.75, 3.05) is 81.7 Å². The van der Waals surface area contributed by atoms with Gasteiger partial charge in [0.05, 0.1) is 71.0 Å². The number of phenolic OH excluding ortho intramolecular Hbond substituents is 2. The molecule has 81 heavy (non-hydrogen) atoms. The van der Waals surface area contributed by atoms with Crippen LogP contribution in [0.4, 0.5) is 11.4 Å². The Balaban J connectivity index is 0.000000171. The number of rotatable bonds is 17. The molecule has 4 aromatic carbocycles. The summed E-state index contributed by atoms with van der Waals surface area (Å²) in [6.07, 6.45) is 10.0. The normalized spacial score (nSPS) is 21.3. The van der Waals surface area contributed by atoms with E-state index >= 15 is 0 Å². The van der Waals surface area contributed by atoms with Gasteiger partial charge in [0.25, 0.3) is 10.1 Å². The van der Waals surface area contributed by atoms with Gasteiger partial charge in [0.2, 0.25) is 0 Å². The van der Waals surface area contributed by atoms with E-state index in [4.69, 9.17) is 42.1 Å². The Kier molecular flexibility index (Phi) is 22.2. The average Bonchev–Trinajstić information content (AvgIpc) is 3.48. The van der Waals surface area contributed by atoms with Crippen molar-refractivity contribution in [2.24, 2.45) is 0 Å². The van der Waals surface area contributed by atoms with Gasteiger partial charge >= 0.3 is 0 Å². The fourth-order valence-electron chi connectivity index (χ4n) is 10.2. The molecule has 0 bridgehead atoms. The fourth-order valence-corrected chi connectivity index (χ4v) is 11.2. The van der Waals surface area contributed by atoms with Gasteiger partial charge in [-0.25, -0.2) is 0 Å². The van der Waals surface area contributed by atoms with Gasteiger partial charge in [0.1, 0.15) is 22.7 Å². The van der Waals surface area contributed by atoms with Gasteiger partial charge in [0.15, 0.2) is 12.6 Å². The Morgan fingerprint density at radius 2 is 1.16 bits per heavy atom. The fraction of sp³-hybridized carbons (Fsp3) is 0.443. The summed E-state index contributed by atoms with van der Waals surface area (Å²) in [5.74, 6) is 0.350. The molecule has 2 unspecified atom stereocenters. The average molecular weight is 1170 g/mol. The lowest BCUT2D eigenvalue weighted by molar-refractivity contribution is -0.169. The molecule has 5 N–H and O–H groups in total. The number of phenols is 2. The largest absolute Gasteiger partial charge is 0.508 e. The van der Waals surface area contributed by atoms with Crippen LogP contribution in [-0.2, 0) is 57.7 Å². The summed E-state index contributed by atoms with van der Waals surface area (Å²) in [4.78, 5) is 15.7. The zero-order valence-corrected chi connectivity index (χ0v) is 48.6. The number of hydrogen-bond acceptors (Lipinski definition) is 17. The summed E-state index contributed by atoms with van der Waals surface area (Å²) in [5, 5.41) is 45.7. The first-order valence-corrected chi connectivity index (χ1v) is 30.2. The smallest absolute Gasteiger partial charge is 0.264 e. The monoisotopic (exact) mass is 1170 g/mol. The molecule has 4 saturated heterocycles. The number of β-amino-alcohol motifs (C(OH)–C–C–N with tert-alkyl or cyclic N) is 1. The highest BCUT2D eigenvalue weighted by Crippen LogP contribution is 2.39. The molecule has 17 nitrogen and oxygen atoms in total. The van der Waals surface area contributed by atoms with Crippen LogP contribution in [0.2, 0.25) is 10.0 Å². The molecule has 6 heterocycles. The van der Waals surface area contributed by atoms with E-state index in [0.29, 0.717) is 41.1 Å². The molecule has 2 aromatic heterocycles. The first-order valence-electron chi connectivity index (χ1n) is 27.6. The van der Waals surface area contributed by atoms with Crippen molar-refractivity contribution in [3.8, 4) is 11.5 Å². The van der Waals surface area contributed by atoms with Crippen LogP contribution in [0.5, 0.6) is 11.5 Å². The van der Waals surface area contributed by atoms with Crippen LogP contribution >= 0.6 is 23.2 Å². The molecular formula is C61H76Cl2N6O11S. The summed E-state index contributed by atoms with van der Waals surface area (Å²) in [7, 11) is -3.61. The van der Waals surface area contributed by atoms with Crippen molar-refractivity contribution >= 4 is 44.7 Å². The van der Waals surface area contributed by atoms with E-state index in [1.165, 1.54) is 24.2 Å². The third-order valence-corrected chi connectivity index (χ3v) is 15.8. The van der Waals surface area contributed by atoms with Crippen LogP contribution in [0, 0.1) is 0 Å². The van der Waals surface area contributed by atoms with E-state index in [-0.39, 0.29) is 42.8 Å². The minimum atomic E-state index is -3.61. The number of aliphatic hydroxyl groups is 2. The SMILES string of the molecule is C[C@@](O)(CN1CCN(c2ccc(O)cc2Cl)[C@H](c2ccccc2)C1)c1ccc(COC2CCCCO2)nc1.C[C@@](O)(COS(C)(=O)=O)c1ccc(COC2CCCCO2)nc1.Oc1ccc(N2CCNC[C@H]2c2ccccc2)c(Cl)c1. The predicted molar refractivity (Wildman–Crippen MR) is 314 cm³/mol. The van der Waals surface area contributed by atoms with E-state index < -0.39 is 21.3 Å². The number of aromatic nitrogens is 2. The third kappa shape index (κ3) is 18.3. The van der Waals surface area contributed by atoms with Crippen molar-refractivity contribution in [2.45, 2.75) is 101 Å². The van der Waals surface area contributed by atoms with E-state index in [9.17, 15) is 28.8 Å². The van der Waals surface area contributed by atoms with Gasteiger partial charge in [0, 0.05) is 94.7 Å². The maximum atomic E-state index is 11.5. The van der Waals surface area contributed by atoms with Crippen LogP contribution < -0.4 is 15.1 Å². The molecule has 436 valence electrons.